The SMILES string of the molecule is CN(C)C(=O)c1ccc(C(Oc2ccc3c(c2)OCCC3=O)c2ccncc2)cc1. The molecule has 1 aliphatic rings. The van der Waals surface area contributed by atoms with E-state index in [9.17, 15) is 9.59 Å². The average Bonchev–Trinajstić information content (AvgIpc) is 2.78. The van der Waals surface area contributed by atoms with Gasteiger partial charge in [-0.1, -0.05) is 12.1 Å². The van der Waals surface area contributed by atoms with E-state index in [2.05, 4.69) is 4.98 Å². The van der Waals surface area contributed by atoms with Crippen LogP contribution in [0.3, 0.4) is 0 Å². The summed E-state index contributed by atoms with van der Waals surface area (Å²) in [5.41, 5.74) is 3.01. The van der Waals surface area contributed by atoms with Crippen molar-refractivity contribution < 1.29 is 19.1 Å². The van der Waals surface area contributed by atoms with Crippen molar-refractivity contribution in [2.24, 2.45) is 0 Å². The molecule has 1 aromatic heterocycles. The first-order chi connectivity index (χ1) is 14.5. The minimum Gasteiger partial charge on any atom is -0.492 e. The number of carbonyl (C=O) groups excluding carboxylic acids is 2. The van der Waals surface area contributed by atoms with Crippen molar-refractivity contribution in [2.75, 3.05) is 20.7 Å². The van der Waals surface area contributed by atoms with Gasteiger partial charge in [-0.05, 0) is 47.5 Å². The van der Waals surface area contributed by atoms with Crippen molar-refractivity contribution in [3.05, 3.63) is 89.2 Å². The molecule has 0 aliphatic carbocycles. The molecular formula is C24H22N2O4. The number of fused-ring (bicyclic) bond motifs is 1. The predicted octanol–water partition coefficient (Wildman–Crippen LogP) is 3.92. The van der Waals surface area contributed by atoms with Gasteiger partial charge in [-0.15, -0.1) is 0 Å². The molecule has 6 nitrogen and oxygen atoms in total. The van der Waals surface area contributed by atoms with Crippen LogP contribution in [0.25, 0.3) is 0 Å². The minimum absolute atomic E-state index is 0.0561. The second-order valence-electron chi connectivity index (χ2n) is 7.28. The Morgan fingerprint density at radius 1 is 1.03 bits per heavy atom. The Balaban J connectivity index is 1.66. The maximum absolute atomic E-state index is 12.2. The molecule has 1 aliphatic heterocycles. The molecule has 0 saturated heterocycles. The van der Waals surface area contributed by atoms with Gasteiger partial charge in [0.2, 0.25) is 0 Å². The number of hydrogen-bond acceptors (Lipinski definition) is 5. The Morgan fingerprint density at radius 3 is 2.43 bits per heavy atom. The number of ketones is 1. The molecule has 2 heterocycles. The second kappa shape index (κ2) is 8.37. The van der Waals surface area contributed by atoms with Crippen LogP contribution in [0.2, 0.25) is 0 Å². The fourth-order valence-electron chi connectivity index (χ4n) is 3.38. The molecule has 152 valence electrons. The van der Waals surface area contributed by atoms with E-state index in [-0.39, 0.29) is 11.7 Å². The molecule has 1 atom stereocenters. The lowest BCUT2D eigenvalue weighted by molar-refractivity contribution is 0.0827. The maximum atomic E-state index is 12.2. The topological polar surface area (TPSA) is 68.7 Å². The summed E-state index contributed by atoms with van der Waals surface area (Å²) >= 11 is 0. The lowest BCUT2D eigenvalue weighted by Crippen LogP contribution is -2.21. The molecule has 1 amide bonds. The number of ether oxygens (including phenoxy) is 2. The number of Topliss-reactive ketones (excluding diaryl/α,β-unsaturated/α-hetero) is 1. The Morgan fingerprint density at radius 2 is 1.73 bits per heavy atom. The highest BCUT2D eigenvalue weighted by Crippen LogP contribution is 2.33. The molecule has 1 unspecified atom stereocenters. The lowest BCUT2D eigenvalue weighted by atomic mass is 10.0. The van der Waals surface area contributed by atoms with Crippen LogP contribution in [-0.2, 0) is 0 Å². The van der Waals surface area contributed by atoms with Crippen molar-refractivity contribution in [3.63, 3.8) is 0 Å². The van der Waals surface area contributed by atoms with Crippen LogP contribution < -0.4 is 9.47 Å². The van der Waals surface area contributed by atoms with Crippen LogP contribution in [0.1, 0.15) is 44.4 Å². The zero-order valence-electron chi connectivity index (χ0n) is 16.9. The lowest BCUT2D eigenvalue weighted by Gasteiger charge is -2.22. The van der Waals surface area contributed by atoms with Crippen LogP contribution in [0, 0.1) is 0 Å². The Hall–Kier alpha value is -3.67. The van der Waals surface area contributed by atoms with Crippen molar-refractivity contribution in [2.45, 2.75) is 12.5 Å². The third kappa shape index (κ3) is 4.03. The normalized spacial score (nSPS) is 13.7. The second-order valence-corrected chi connectivity index (χ2v) is 7.28. The molecule has 0 radical (unpaired) electrons. The summed E-state index contributed by atoms with van der Waals surface area (Å²) in [7, 11) is 3.45. The van der Waals surface area contributed by atoms with Gasteiger partial charge in [0.05, 0.1) is 12.2 Å². The third-order valence-corrected chi connectivity index (χ3v) is 4.97. The maximum Gasteiger partial charge on any atom is 0.253 e. The molecule has 0 saturated carbocycles. The third-order valence-electron chi connectivity index (χ3n) is 4.97. The van der Waals surface area contributed by atoms with Gasteiger partial charge in [0.1, 0.15) is 17.6 Å². The molecule has 30 heavy (non-hydrogen) atoms. The summed E-state index contributed by atoms with van der Waals surface area (Å²) in [6, 6.07) is 16.4. The van der Waals surface area contributed by atoms with Crippen molar-refractivity contribution in [1.82, 2.24) is 9.88 Å². The molecular weight excluding hydrogens is 380 g/mol. The summed E-state index contributed by atoms with van der Waals surface area (Å²) in [6.45, 7) is 0.379. The number of nitrogens with zero attached hydrogens (tertiary/aromatic N) is 2. The summed E-state index contributed by atoms with van der Waals surface area (Å²) in [4.78, 5) is 29.9. The van der Waals surface area contributed by atoms with Crippen LogP contribution >= 0.6 is 0 Å². The monoisotopic (exact) mass is 402 g/mol. The van der Waals surface area contributed by atoms with Gasteiger partial charge in [0.15, 0.2) is 5.78 Å². The summed E-state index contributed by atoms with van der Waals surface area (Å²) in [5, 5.41) is 0. The standard InChI is InChI=1S/C24H22N2O4/c1-26(2)24(28)18-5-3-16(4-6-18)23(17-9-12-25-13-10-17)30-19-7-8-20-21(27)11-14-29-22(20)15-19/h3-10,12-13,15,23H,11,14H2,1-2H3. The van der Waals surface area contributed by atoms with Crippen LogP contribution in [0.15, 0.2) is 67.0 Å². The number of rotatable bonds is 5. The molecule has 2 aromatic carbocycles. The summed E-state index contributed by atoms with van der Waals surface area (Å²) in [5.74, 6) is 1.16. The van der Waals surface area contributed by atoms with Gasteiger partial charge < -0.3 is 14.4 Å². The van der Waals surface area contributed by atoms with E-state index in [1.807, 2.05) is 24.3 Å². The van der Waals surface area contributed by atoms with E-state index >= 15 is 0 Å². The van der Waals surface area contributed by atoms with Gasteiger partial charge in [-0.2, -0.15) is 0 Å². The fourth-order valence-corrected chi connectivity index (χ4v) is 3.38. The van der Waals surface area contributed by atoms with Crippen LogP contribution in [0.4, 0.5) is 0 Å². The van der Waals surface area contributed by atoms with Crippen LogP contribution in [-0.4, -0.2) is 42.3 Å². The van der Waals surface area contributed by atoms with Gasteiger partial charge in [0.25, 0.3) is 5.91 Å². The summed E-state index contributed by atoms with van der Waals surface area (Å²) in [6.07, 6.45) is 3.41. The Kier molecular flexibility index (Phi) is 5.48. The van der Waals surface area contributed by atoms with E-state index < -0.39 is 6.10 Å². The van der Waals surface area contributed by atoms with E-state index in [4.69, 9.17) is 9.47 Å². The molecule has 0 N–H and O–H groups in total. The Bertz CT molecular complexity index is 1060. The first-order valence-electron chi connectivity index (χ1n) is 9.71. The number of aromatic nitrogens is 1. The van der Waals surface area contributed by atoms with Gasteiger partial charge in [-0.3, -0.25) is 14.6 Å². The zero-order chi connectivity index (χ0) is 21.1. The quantitative estimate of drug-likeness (QED) is 0.647. The number of benzene rings is 2. The van der Waals surface area contributed by atoms with E-state index in [0.717, 1.165) is 11.1 Å². The largest absolute Gasteiger partial charge is 0.492 e. The van der Waals surface area contributed by atoms with Crippen molar-refractivity contribution in [1.29, 1.82) is 0 Å². The molecule has 0 spiro atoms. The highest BCUT2D eigenvalue weighted by Gasteiger charge is 2.21. The highest BCUT2D eigenvalue weighted by molar-refractivity contribution is 5.99. The number of hydrogen-bond donors (Lipinski definition) is 0. The number of amides is 1. The molecule has 4 rings (SSSR count). The molecule has 0 fully saturated rings. The van der Waals surface area contributed by atoms with Crippen molar-refractivity contribution >= 4 is 11.7 Å². The fraction of sp³-hybridized carbons (Fsp3) is 0.208. The van der Waals surface area contributed by atoms with E-state index in [0.29, 0.717) is 35.7 Å². The number of pyridine rings is 1. The summed E-state index contributed by atoms with van der Waals surface area (Å²) < 4.78 is 12.0. The van der Waals surface area contributed by atoms with E-state index in [1.165, 1.54) is 0 Å². The molecule has 0 bridgehead atoms. The Labute approximate surface area is 175 Å². The first-order valence-corrected chi connectivity index (χ1v) is 9.71. The number of carbonyl (C=O) groups is 2. The van der Waals surface area contributed by atoms with Crippen LogP contribution in [0.5, 0.6) is 11.5 Å². The molecule has 6 heteroatoms. The van der Waals surface area contributed by atoms with Gasteiger partial charge in [-0.25, -0.2) is 0 Å². The van der Waals surface area contributed by atoms with E-state index in [1.54, 1.807) is 61.7 Å². The minimum atomic E-state index is -0.408. The smallest absolute Gasteiger partial charge is 0.253 e. The highest BCUT2D eigenvalue weighted by atomic mass is 16.5. The van der Waals surface area contributed by atoms with Gasteiger partial charge >= 0.3 is 0 Å². The average molecular weight is 402 g/mol. The van der Waals surface area contributed by atoms with Gasteiger partial charge in [0, 0.05) is 44.5 Å². The van der Waals surface area contributed by atoms with Crippen molar-refractivity contribution in [3.8, 4) is 11.5 Å². The molecule has 3 aromatic rings. The predicted molar refractivity (Wildman–Crippen MR) is 112 cm³/mol. The zero-order valence-corrected chi connectivity index (χ0v) is 16.9. The first kappa shape index (κ1) is 19.6.